The van der Waals surface area contributed by atoms with E-state index >= 15 is 0 Å². The van der Waals surface area contributed by atoms with Crippen molar-refractivity contribution in [2.24, 2.45) is 0 Å². The maximum atomic E-state index is 12.5. The van der Waals surface area contributed by atoms with Gasteiger partial charge in [0, 0.05) is 31.7 Å². The van der Waals surface area contributed by atoms with E-state index in [-0.39, 0.29) is 18.4 Å². The molecule has 0 spiro atoms. The molecule has 148 valence electrons. The molecule has 7 heteroatoms. The minimum atomic E-state index is -0.292. The van der Waals surface area contributed by atoms with Gasteiger partial charge in [-0.05, 0) is 30.3 Å². The highest BCUT2D eigenvalue weighted by atomic mass is 16.5. The predicted molar refractivity (Wildman–Crippen MR) is 107 cm³/mol. The fraction of sp³-hybridized carbons (Fsp3) is 0.333. The smallest absolute Gasteiger partial charge is 0.251 e. The van der Waals surface area contributed by atoms with Gasteiger partial charge in [-0.3, -0.25) is 9.59 Å². The van der Waals surface area contributed by atoms with Crippen molar-refractivity contribution in [1.82, 2.24) is 10.2 Å². The Morgan fingerprint density at radius 3 is 2.43 bits per heavy atom. The van der Waals surface area contributed by atoms with Gasteiger partial charge in [-0.2, -0.15) is 0 Å². The summed E-state index contributed by atoms with van der Waals surface area (Å²) in [4.78, 5) is 28.7. The molecular weight excluding hydrogens is 358 g/mol. The number of piperazine rings is 1. The van der Waals surface area contributed by atoms with Crippen molar-refractivity contribution < 1.29 is 19.1 Å². The second-order valence-corrected chi connectivity index (χ2v) is 6.45. The molecule has 2 aromatic carbocycles. The van der Waals surface area contributed by atoms with E-state index in [2.05, 4.69) is 10.2 Å². The molecule has 1 fully saturated rings. The highest BCUT2D eigenvalue weighted by molar-refractivity contribution is 5.96. The highest BCUT2D eigenvalue weighted by Gasteiger charge is 2.23. The SMILES string of the molecule is COc1cccc(C(=O)NCC(=O)N2CCN(c3ccccc3OC)CC2)c1. The molecule has 0 unspecified atom stereocenters. The van der Waals surface area contributed by atoms with E-state index in [1.165, 1.54) is 0 Å². The Bertz CT molecular complexity index is 832. The Morgan fingerprint density at radius 1 is 0.964 bits per heavy atom. The number of carbonyl (C=O) groups is 2. The van der Waals surface area contributed by atoms with Crippen LogP contribution in [0.3, 0.4) is 0 Å². The lowest BCUT2D eigenvalue weighted by atomic mass is 10.2. The van der Waals surface area contributed by atoms with Crippen LogP contribution in [0, 0.1) is 0 Å². The average Bonchev–Trinajstić information content (AvgIpc) is 2.77. The van der Waals surface area contributed by atoms with Gasteiger partial charge in [-0.15, -0.1) is 0 Å². The third kappa shape index (κ3) is 4.54. The first-order chi connectivity index (χ1) is 13.6. The second-order valence-electron chi connectivity index (χ2n) is 6.45. The van der Waals surface area contributed by atoms with Crippen LogP contribution in [-0.2, 0) is 4.79 Å². The van der Waals surface area contributed by atoms with E-state index in [0.717, 1.165) is 24.5 Å². The lowest BCUT2D eigenvalue weighted by Gasteiger charge is -2.36. The Balaban J connectivity index is 1.50. The number of hydrogen-bond acceptors (Lipinski definition) is 5. The summed E-state index contributed by atoms with van der Waals surface area (Å²) >= 11 is 0. The lowest BCUT2D eigenvalue weighted by Crippen LogP contribution is -2.51. The number of ether oxygens (including phenoxy) is 2. The summed E-state index contributed by atoms with van der Waals surface area (Å²) in [6.07, 6.45) is 0. The first kappa shape index (κ1) is 19.5. The molecule has 0 aromatic heterocycles. The van der Waals surface area contributed by atoms with Gasteiger partial charge in [-0.1, -0.05) is 18.2 Å². The second kappa shape index (κ2) is 9.12. The van der Waals surface area contributed by atoms with Crippen molar-refractivity contribution in [1.29, 1.82) is 0 Å². The van der Waals surface area contributed by atoms with Crippen LogP contribution in [0.5, 0.6) is 11.5 Å². The van der Waals surface area contributed by atoms with Crippen LogP contribution in [0.15, 0.2) is 48.5 Å². The fourth-order valence-corrected chi connectivity index (χ4v) is 3.22. The molecule has 1 N–H and O–H groups in total. The van der Waals surface area contributed by atoms with Gasteiger partial charge in [0.25, 0.3) is 5.91 Å². The Kier molecular flexibility index (Phi) is 6.37. The maximum Gasteiger partial charge on any atom is 0.251 e. The van der Waals surface area contributed by atoms with E-state index < -0.39 is 0 Å². The van der Waals surface area contributed by atoms with Gasteiger partial charge in [0.15, 0.2) is 0 Å². The normalized spacial score (nSPS) is 13.8. The maximum absolute atomic E-state index is 12.5. The number of methoxy groups -OCH3 is 2. The van der Waals surface area contributed by atoms with Crippen molar-refractivity contribution in [2.75, 3.05) is 51.8 Å². The summed E-state index contributed by atoms with van der Waals surface area (Å²) in [5.41, 5.74) is 1.50. The molecule has 3 rings (SSSR count). The van der Waals surface area contributed by atoms with Crippen LogP contribution in [0.1, 0.15) is 10.4 Å². The topological polar surface area (TPSA) is 71.1 Å². The molecule has 28 heavy (non-hydrogen) atoms. The van der Waals surface area contributed by atoms with Crippen molar-refractivity contribution in [3.8, 4) is 11.5 Å². The molecule has 0 radical (unpaired) electrons. The van der Waals surface area contributed by atoms with Gasteiger partial charge < -0.3 is 24.6 Å². The molecule has 2 amide bonds. The zero-order chi connectivity index (χ0) is 19.9. The predicted octanol–water partition coefficient (Wildman–Crippen LogP) is 1.78. The fourth-order valence-electron chi connectivity index (χ4n) is 3.22. The number of amides is 2. The summed E-state index contributed by atoms with van der Waals surface area (Å²) in [6, 6.07) is 14.7. The van der Waals surface area contributed by atoms with E-state index in [1.807, 2.05) is 24.3 Å². The number of hydrogen-bond donors (Lipinski definition) is 1. The number of rotatable bonds is 6. The van der Waals surface area contributed by atoms with Crippen molar-refractivity contribution >= 4 is 17.5 Å². The van der Waals surface area contributed by atoms with Crippen molar-refractivity contribution in [3.63, 3.8) is 0 Å². The van der Waals surface area contributed by atoms with Gasteiger partial charge >= 0.3 is 0 Å². The number of para-hydroxylation sites is 2. The van der Waals surface area contributed by atoms with Gasteiger partial charge in [0.2, 0.25) is 5.91 Å². The summed E-state index contributed by atoms with van der Waals surface area (Å²) in [5.74, 6) is 1.05. The van der Waals surface area contributed by atoms with E-state index in [9.17, 15) is 9.59 Å². The zero-order valence-corrected chi connectivity index (χ0v) is 16.2. The molecule has 0 atom stereocenters. The average molecular weight is 383 g/mol. The number of nitrogens with zero attached hydrogens (tertiary/aromatic N) is 2. The Hall–Kier alpha value is -3.22. The van der Waals surface area contributed by atoms with E-state index in [4.69, 9.17) is 9.47 Å². The van der Waals surface area contributed by atoms with Crippen molar-refractivity contribution in [3.05, 3.63) is 54.1 Å². The lowest BCUT2D eigenvalue weighted by molar-refractivity contribution is -0.130. The molecule has 0 saturated carbocycles. The van der Waals surface area contributed by atoms with E-state index in [0.29, 0.717) is 24.4 Å². The van der Waals surface area contributed by atoms with Gasteiger partial charge in [-0.25, -0.2) is 0 Å². The molecule has 1 aliphatic heterocycles. The summed E-state index contributed by atoms with van der Waals surface area (Å²) in [7, 11) is 3.20. The first-order valence-corrected chi connectivity index (χ1v) is 9.20. The minimum Gasteiger partial charge on any atom is -0.497 e. The zero-order valence-electron chi connectivity index (χ0n) is 16.2. The standard InChI is InChI=1S/C21H25N3O4/c1-27-17-7-5-6-16(14-17)21(26)22-15-20(25)24-12-10-23(11-13-24)18-8-3-4-9-19(18)28-2/h3-9,14H,10-13,15H2,1-2H3,(H,22,26). The van der Waals surface area contributed by atoms with Crippen molar-refractivity contribution in [2.45, 2.75) is 0 Å². The summed E-state index contributed by atoms with van der Waals surface area (Å²) in [5, 5.41) is 2.69. The number of anilines is 1. The summed E-state index contributed by atoms with van der Waals surface area (Å²) < 4.78 is 10.5. The summed E-state index contributed by atoms with van der Waals surface area (Å²) in [6.45, 7) is 2.62. The molecule has 1 heterocycles. The monoisotopic (exact) mass is 383 g/mol. The molecule has 7 nitrogen and oxygen atoms in total. The van der Waals surface area contributed by atoms with Crippen LogP contribution < -0.4 is 19.7 Å². The Labute approximate surface area is 164 Å². The number of benzene rings is 2. The highest BCUT2D eigenvalue weighted by Crippen LogP contribution is 2.28. The van der Waals surface area contributed by atoms with Crippen LogP contribution in [0.25, 0.3) is 0 Å². The van der Waals surface area contributed by atoms with Gasteiger partial charge in [0.05, 0.1) is 26.5 Å². The number of nitrogens with one attached hydrogen (secondary N) is 1. The molecule has 0 bridgehead atoms. The molecule has 1 saturated heterocycles. The minimum absolute atomic E-state index is 0.0231. The third-order valence-electron chi connectivity index (χ3n) is 4.79. The van der Waals surface area contributed by atoms with E-state index in [1.54, 1.807) is 43.4 Å². The van der Waals surface area contributed by atoms with Crippen LogP contribution in [0.4, 0.5) is 5.69 Å². The van der Waals surface area contributed by atoms with Crippen LogP contribution >= 0.6 is 0 Å². The number of carbonyl (C=O) groups excluding carboxylic acids is 2. The largest absolute Gasteiger partial charge is 0.497 e. The van der Waals surface area contributed by atoms with Crippen LogP contribution in [0.2, 0.25) is 0 Å². The third-order valence-corrected chi connectivity index (χ3v) is 4.79. The molecule has 2 aromatic rings. The Morgan fingerprint density at radius 2 is 1.71 bits per heavy atom. The molecular formula is C21H25N3O4. The quantitative estimate of drug-likeness (QED) is 0.823. The van der Waals surface area contributed by atoms with Crippen LogP contribution in [-0.4, -0.2) is 63.7 Å². The molecule has 1 aliphatic rings. The van der Waals surface area contributed by atoms with Gasteiger partial charge in [0.1, 0.15) is 11.5 Å². The molecule has 0 aliphatic carbocycles. The first-order valence-electron chi connectivity index (χ1n) is 9.20.